The smallest absolute Gasteiger partial charge is 0.349 e. The number of halogens is 3. The predicted octanol–water partition coefficient (Wildman–Crippen LogP) is 3.81. The van der Waals surface area contributed by atoms with Gasteiger partial charge in [-0.2, -0.15) is 13.2 Å². The predicted molar refractivity (Wildman–Crippen MR) is 102 cm³/mol. The van der Waals surface area contributed by atoms with Crippen LogP contribution in [-0.4, -0.2) is 23.8 Å². The van der Waals surface area contributed by atoms with Gasteiger partial charge in [0.2, 0.25) is 11.8 Å². The van der Waals surface area contributed by atoms with E-state index in [1.54, 1.807) is 37.3 Å². The highest BCUT2D eigenvalue weighted by molar-refractivity contribution is 5.99. The maximum Gasteiger partial charge on any atom is 0.416 e. The van der Waals surface area contributed by atoms with Crippen molar-refractivity contribution in [2.24, 2.45) is 0 Å². The number of amides is 3. The number of hydrogen-bond acceptors (Lipinski definition) is 3. The first-order valence-corrected chi connectivity index (χ1v) is 8.71. The summed E-state index contributed by atoms with van der Waals surface area (Å²) in [6, 6.07) is 10.4. The first-order valence-electron chi connectivity index (χ1n) is 8.71. The highest BCUT2D eigenvalue weighted by Gasteiger charge is 2.31. The van der Waals surface area contributed by atoms with Crippen LogP contribution in [0.25, 0.3) is 0 Å². The van der Waals surface area contributed by atoms with Crippen LogP contribution >= 0.6 is 0 Å². The van der Waals surface area contributed by atoms with E-state index in [1.807, 2.05) is 0 Å². The topological polar surface area (TPSA) is 87.3 Å². The molecule has 0 radical (unpaired) electrons. The van der Waals surface area contributed by atoms with Crippen LogP contribution in [0.3, 0.4) is 0 Å². The SMILES string of the molecule is CC(=O)Nc1ccc(C(F)(F)F)cc1NC(=O)CC(C)NC(=O)c1ccccc1. The number of nitrogens with one attached hydrogen (secondary N) is 3. The quantitative estimate of drug-likeness (QED) is 0.681. The molecular weight excluding hydrogens is 387 g/mol. The minimum absolute atomic E-state index is 0.0415. The number of anilines is 2. The van der Waals surface area contributed by atoms with Crippen molar-refractivity contribution in [3.05, 3.63) is 59.7 Å². The molecule has 1 atom stereocenters. The Balaban J connectivity index is 2.08. The first kappa shape index (κ1) is 21.9. The lowest BCUT2D eigenvalue weighted by molar-refractivity contribution is -0.137. The number of rotatable bonds is 6. The Morgan fingerprint density at radius 3 is 2.21 bits per heavy atom. The monoisotopic (exact) mass is 407 g/mol. The van der Waals surface area contributed by atoms with Crippen LogP contribution in [0.4, 0.5) is 24.5 Å². The second kappa shape index (κ2) is 9.22. The van der Waals surface area contributed by atoms with E-state index in [2.05, 4.69) is 16.0 Å². The lowest BCUT2D eigenvalue weighted by atomic mass is 10.1. The van der Waals surface area contributed by atoms with E-state index in [9.17, 15) is 27.6 Å². The number of alkyl halides is 3. The Labute approximate surface area is 165 Å². The molecule has 0 aliphatic carbocycles. The zero-order valence-corrected chi connectivity index (χ0v) is 15.8. The second-order valence-electron chi connectivity index (χ2n) is 6.43. The van der Waals surface area contributed by atoms with Gasteiger partial charge in [-0.1, -0.05) is 18.2 Å². The van der Waals surface area contributed by atoms with Gasteiger partial charge >= 0.3 is 6.18 Å². The van der Waals surface area contributed by atoms with Gasteiger partial charge in [-0.25, -0.2) is 0 Å². The fraction of sp³-hybridized carbons (Fsp3) is 0.250. The molecule has 2 rings (SSSR count). The lowest BCUT2D eigenvalue weighted by Gasteiger charge is -2.17. The van der Waals surface area contributed by atoms with Gasteiger partial charge in [-0.15, -0.1) is 0 Å². The Kier molecular flexibility index (Phi) is 6.98. The van der Waals surface area contributed by atoms with Gasteiger partial charge in [0.15, 0.2) is 0 Å². The van der Waals surface area contributed by atoms with Crippen molar-refractivity contribution in [1.29, 1.82) is 0 Å². The van der Waals surface area contributed by atoms with Crippen LogP contribution in [0.1, 0.15) is 36.2 Å². The molecule has 0 bridgehead atoms. The molecule has 3 amide bonds. The van der Waals surface area contributed by atoms with Crippen molar-refractivity contribution in [2.75, 3.05) is 10.6 Å². The van der Waals surface area contributed by atoms with Crippen molar-refractivity contribution in [3.8, 4) is 0 Å². The molecule has 0 fully saturated rings. The summed E-state index contributed by atoms with van der Waals surface area (Å²) in [5, 5.41) is 7.39. The van der Waals surface area contributed by atoms with Crippen LogP contribution in [0.5, 0.6) is 0 Å². The standard InChI is InChI=1S/C20H20F3N3O3/c1-12(24-19(29)14-6-4-3-5-7-14)10-18(28)26-17-11-15(20(21,22)23)8-9-16(17)25-13(2)27/h3-9,11-12H,10H2,1-2H3,(H,24,29)(H,25,27)(H,26,28). The molecule has 0 saturated heterocycles. The Bertz CT molecular complexity index is 899. The molecule has 9 heteroatoms. The molecule has 3 N–H and O–H groups in total. The van der Waals surface area contributed by atoms with Crippen LogP contribution < -0.4 is 16.0 Å². The van der Waals surface area contributed by atoms with Crippen molar-refractivity contribution in [1.82, 2.24) is 5.32 Å². The minimum atomic E-state index is -4.61. The third kappa shape index (κ3) is 6.63. The maximum atomic E-state index is 13.0. The van der Waals surface area contributed by atoms with Crippen molar-refractivity contribution >= 4 is 29.1 Å². The number of benzene rings is 2. The van der Waals surface area contributed by atoms with E-state index in [4.69, 9.17) is 0 Å². The van der Waals surface area contributed by atoms with Crippen LogP contribution in [0, 0.1) is 0 Å². The largest absolute Gasteiger partial charge is 0.416 e. The molecule has 0 aliphatic rings. The summed E-state index contributed by atoms with van der Waals surface area (Å²) in [4.78, 5) is 35.7. The Morgan fingerprint density at radius 2 is 1.62 bits per heavy atom. The molecule has 0 aliphatic heterocycles. The van der Waals surface area contributed by atoms with E-state index in [1.165, 1.54) is 6.92 Å². The third-order valence-electron chi connectivity index (χ3n) is 3.84. The van der Waals surface area contributed by atoms with Crippen molar-refractivity contribution < 1.29 is 27.6 Å². The fourth-order valence-electron chi connectivity index (χ4n) is 2.55. The van der Waals surface area contributed by atoms with Crippen LogP contribution in [0.15, 0.2) is 48.5 Å². The first-order chi connectivity index (χ1) is 13.6. The molecule has 1 unspecified atom stereocenters. The molecule has 0 saturated carbocycles. The summed E-state index contributed by atoms with van der Waals surface area (Å²) in [6.45, 7) is 2.80. The zero-order valence-electron chi connectivity index (χ0n) is 15.8. The summed E-state index contributed by atoms with van der Waals surface area (Å²) in [7, 11) is 0. The maximum absolute atomic E-state index is 13.0. The molecular formula is C20H20F3N3O3. The van der Waals surface area contributed by atoms with E-state index < -0.39 is 29.6 Å². The van der Waals surface area contributed by atoms with Gasteiger partial charge in [-0.05, 0) is 37.3 Å². The fourth-order valence-corrected chi connectivity index (χ4v) is 2.55. The number of carbonyl (C=O) groups is 3. The van der Waals surface area contributed by atoms with Gasteiger partial charge in [0.05, 0.1) is 16.9 Å². The molecule has 0 spiro atoms. The highest BCUT2D eigenvalue weighted by atomic mass is 19.4. The van der Waals surface area contributed by atoms with Gasteiger partial charge in [-0.3, -0.25) is 14.4 Å². The van der Waals surface area contributed by atoms with E-state index in [0.717, 1.165) is 18.2 Å². The Morgan fingerprint density at radius 1 is 0.966 bits per heavy atom. The van der Waals surface area contributed by atoms with E-state index >= 15 is 0 Å². The second-order valence-corrected chi connectivity index (χ2v) is 6.43. The molecule has 0 aromatic heterocycles. The molecule has 0 heterocycles. The highest BCUT2D eigenvalue weighted by Crippen LogP contribution is 2.34. The lowest BCUT2D eigenvalue weighted by Crippen LogP contribution is -2.35. The number of hydrogen-bond donors (Lipinski definition) is 3. The minimum Gasteiger partial charge on any atom is -0.349 e. The van der Waals surface area contributed by atoms with Crippen LogP contribution in [-0.2, 0) is 15.8 Å². The molecule has 6 nitrogen and oxygen atoms in total. The summed E-state index contributed by atoms with van der Waals surface area (Å²) >= 11 is 0. The third-order valence-corrected chi connectivity index (χ3v) is 3.84. The summed E-state index contributed by atoms with van der Waals surface area (Å²) < 4.78 is 38.9. The molecule has 29 heavy (non-hydrogen) atoms. The van der Waals surface area contributed by atoms with Gasteiger partial charge in [0.25, 0.3) is 5.91 Å². The summed E-state index contributed by atoms with van der Waals surface area (Å²) in [6.07, 6.45) is -4.78. The Hall–Kier alpha value is -3.36. The van der Waals surface area contributed by atoms with Gasteiger partial charge in [0, 0.05) is 24.9 Å². The van der Waals surface area contributed by atoms with E-state index in [-0.39, 0.29) is 23.7 Å². The normalized spacial score (nSPS) is 12.0. The summed E-state index contributed by atoms with van der Waals surface area (Å²) in [5.41, 5.74) is -0.681. The summed E-state index contributed by atoms with van der Waals surface area (Å²) in [5.74, 6) is -1.48. The van der Waals surface area contributed by atoms with E-state index in [0.29, 0.717) is 5.56 Å². The average molecular weight is 407 g/mol. The van der Waals surface area contributed by atoms with Crippen molar-refractivity contribution in [2.45, 2.75) is 32.5 Å². The number of carbonyl (C=O) groups excluding carboxylic acids is 3. The van der Waals surface area contributed by atoms with Gasteiger partial charge in [0.1, 0.15) is 0 Å². The zero-order chi connectivity index (χ0) is 21.6. The van der Waals surface area contributed by atoms with Crippen LogP contribution in [0.2, 0.25) is 0 Å². The molecule has 154 valence electrons. The molecule has 2 aromatic rings. The average Bonchev–Trinajstić information content (AvgIpc) is 2.62. The van der Waals surface area contributed by atoms with Gasteiger partial charge < -0.3 is 16.0 Å². The molecule has 2 aromatic carbocycles. The van der Waals surface area contributed by atoms with Crippen molar-refractivity contribution in [3.63, 3.8) is 0 Å².